The quantitative estimate of drug-likeness (QED) is 0.407. The molecule has 0 aromatic carbocycles. The predicted octanol–water partition coefficient (Wildman–Crippen LogP) is -1.26. The highest BCUT2D eigenvalue weighted by atomic mass is 127. The van der Waals surface area contributed by atoms with Crippen LogP contribution in [0.5, 0.6) is 0 Å². The average molecular weight is 240 g/mol. The first-order chi connectivity index (χ1) is 3.39. The highest BCUT2D eigenvalue weighted by Crippen LogP contribution is 1.98. The third-order valence-corrected chi connectivity index (χ3v) is 0.852. The highest BCUT2D eigenvalue weighted by Gasteiger charge is 1.76. The van der Waals surface area contributed by atoms with Crippen LogP contribution in [0.25, 0.3) is 0 Å². The van der Waals surface area contributed by atoms with Crippen molar-refractivity contribution in [1.29, 1.82) is 0 Å². The Kier molecular flexibility index (Phi) is 4.18. The van der Waals surface area contributed by atoms with Crippen LogP contribution in [-0.4, -0.2) is 4.98 Å². The van der Waals surface area contributed by atoms with Crippen molar-refractivity contribution in [3.63, 3.8) is 0 Å². The van der Waals surface area contributed by atoms with Gasteiger partial charge in [-0.3, -0.25) is 0 Å². The molecule has 3 heteroatoms. The van der Waals surface area contributed by atoms with Crippen molar-refractivity contribution in [1.82, 2.24) is 4.98 Å². The number of rotatable bonds is 0. The SMILES string of the molecule is Clc1ccccn1.[I-]. The van der Waals surface area contributed by atoms with Crippen LogP contribution in [0.3, 0.4) is 0 Å². The maximum Gasteiger partial charge on any atom is 0.129 e. The Balaban J connectivity index is 0.000000490. The lowest BCUT2D eigenvalue weighted by Crippen LogP contribution is -3.00. The summed E-state index contributed by atoms with van der Waals surface area (Å²) in [5.41, 5.74) is 0. The second kappa shape index (κ2) is 4.09. The molecule has 1 aromatic rings. The van der Waals surface area contributed by atoms with Crippen LogP contribution in [0.15, 0.2) is 24.4 Å². The molecule has 44 valence electrons. The molecule has 1 heterocycles. The van der Waals surface area contributed by atoms with Crippen LogP contribution in [0.4, 0.5) is 0 Å². The Morgan fingerprint density at radius 3 is 2.38 bits per heavy atom. The molecule has 0 aliphatic heterocycles. The minimum Gasteiger partial charge on any atom is -1.00 e. The first kappa shape index (κ1) is 8.17. The van der Waals surface area contributed by atoms with Gasteiger partial charge in [0.05, 0.1) is 0 Å². The average Bonchev–Trinajstić information content (AvgIpc) is 1.69. The number of hydrogen-bond donors (Lipinski definition) is 0. The maximum atomic E-state index is 5.43. The lowest BCUT2D eigenvalue weighted by atomic mass is 10.5. The summed E-state index contributed by atoms with van der Waals surface area (Å²) in [6, 6.07) is 5.41. The van der Waals surface area contributed by atoms with Crippen molar-refractivity contribution in [2.24, 2.45) is 0 Å². The van der Waals surface area contributed by atoms with E-state index >= 15 is 0 Å². The summed E-state index contributed by atoms with van der Waals surface area (Å²) in [7, 11) is 0. The second-order valence-corrected chi connectivity index (χ2v) is 1.54. The van der Waals surface area contributed by atoms with E-state index in [0.29, 0.717) is 5.15 Å². The molecule has 1 rings (SSSR count). The van der Waals surface area contributed by atoms with Crippen LogP contribution in [-0.2, 0) is 0 Å². The smallest absolute Gasteiger partial charge is 0.129 e. The van der Waals surface area contributed by atoms with Gasteiger partial charge in [0.15, 0.2) is 0 Å². The van der Waals surface area contributed by atoms with Crippen molar-refractivity contribution in [3.8, 4) is 0 Å². The van der Waals surface area contributed by atoms with Crippen molar-refractivity contribution in [2.45, 2.75) is 0 Å². The lowest BCUT2D eigenvalue weighted by molar-refractivity contribution is -0.00000140. The molecular weight excluding hydrogens is 236 g/mol. The third kappa shape index (κ3) is 2.47. The number of halogens is 2. The van der Waals surface area contributed by atoms with E-state index in [9.17, 15) is 0 Å². The van der Waals surface area contributed by atoms with E-state index in [1.54, 1.807) is 12.3 Å². The molecule has 1 aromatic heterocycles. The summed E-state index contributed by atoms with van der Waals surface area (Å²) in [5.74, 6) is 0. The Morgan fingerprint density at radius 2 is 2.12 bits per heavy atom. The Labute approximate surface area is 70.1 Å². The normalized spacial score (nSPS) is 7.62. The van der Waals surface area contributed by atoms with E-state index in [1.165, 1.54) is 0 Å². The molecule has 0 atom stereocenters. The van der Waals surface area contributed by atoms with Gasteiger partial charge < -0.3 is 24.0 Å². The lowest BCUT2D eigenvalue weighted by Gasteiger charge is -1.79. The molecule has 0 amide bonds. The fourth-order valence-corrected chi connectivity index (χ4v) is 0.471. The minimum absolute atomic E-state index is 0. The van der Waals surface area contributed by atoms with Gasteiger partial charge in [-0.2, -0.15) is 0 Å². The Hall–Kier alpha value is 0.170. The minimum atomic E-state index is 0. The van der Waals surface area contributed by atoms with E-state index < -0.39 is 0 Å². The third-order valence-electron chi connectivity index (χ3n) is 0.629. The van der Waals surface area contributed by atoms with Crippen LogP contribution in [0.2, 0.25) is 5.15 Å². The number of nitrogens with zero attached hydrogens (tertiary/aromatic N) is 1. The zero-order chi connectivity index (χ0) is 5.11. The maximum absolute atomic E-state index is 5.43. The molecule has 0 N–H and O–H groups in total. The van der Waals surface area contributed by atoms with Gasteiger partial charge in [-0.15, -0.1) is 0 Å². The summed E-state index contributed by atoms with van der Waals surface area (Å²) >= 11 is 5.43. The molecule has 0 spiro atoms. The van der Waals surface area contributed by atoms with Gasteiger partial charge in [0.1, 0.15) is 5.15 Å². The topological polar surface area (TPSA) is 12.9 Å². The Morgan fingerprint density at radius 1 is 1.38 bits per heavy atom. The monoisotopic (exact) mass is 240 g/mol. The molecule has 0 fully saturated rings. The number of hydrogen-bond acceptors (Lipinski definition) is 1. The largest absolute Gasteiger partial charge is 1.00 e. The van der Waals surface area contributed by atoms with E-state index in [0.717, 1.165) is 0 Å². The molecule has 0 radical (unpaired) electrons. The molecule has 0 aliphatic carbocycles. The zero-order valence-corrected chi connectivity index (χ0v) is 6.93. The highest BCUT2D eigenvalue weighted by molar-refractivity contribution is 6.29. The fraction of sp³-hybridized carbons (Fsp3) is 0. The van der Waals surface area contributed by atoms with Crippen LogP contribution in [0, 0.1) is 0 Å². The summed E-state index contributed by atoms with van der Waals surface area (Å²) < 4.78 is 0. The molecule has 0 saturated carbocycles. The van der Waals surface area contributed by atoms with Crippen LogP contribution in [0.1, 0.15) is 0 Å². The van der Waals surface area contributed by atoms with Gasteiger partial charge in [0.25, 0.3) is 0 Å². The molecule has 0 saturated heterocycles. The van der Waals surface area contributed by atoms with E-state index in [-0.39, 0.29) is 24.0 Å². The van der Waals surface area contributed by atoms with Gasteiger partial charge >= 0.3 is 0 Å². The summed E-state index contributed by atoms with van der Waals surface area (Å²) in [5, 5.41) is 0.544. The van der Waals surface area contributed by atoms with E-state index in [2.05, 4.69) is 4.98 Å². The zero-order valence-electron chi connectivity index (χ0n) is 4.01. The van der Waals surface area contributed by atoms with Gasteiger partial charge in [0, 0.05) is 6.20 Å². The first-order valence-electron chi connectivity index (χ1n) is 1.96. The van der Waals surface area contributed by atoms with Gasteiger partial charge in [-0.25, -0.2) is 4.98 Å². The van der Waals surface area contributed by atoms with E-state index in [4.69, 9.17) is 11.6 Å². The summed E-state index contributed by atoms with van der Waals surface area (Å²) in [4.78, 5) is 3.74. The van der Waals surface area contributed by atoms with Crippen molar-refractivity contribution in [3.05, 3.63) is 29.5 Å². The standard InChI is InChI=1S/C5H4ClN.HI/c6-5-3-1-2-4-7-5;/h1-4H;1H/p-1. The van der Waals surface area contributed by atoms with Crippen LogP contribution >= 0.6 is 11.6 Å². The van der Waals surface area contributed by atoms with Gasteiger partial charge in [-0.05, 0) is 12.1 Å². The number of aromatic nitrogens is 1. The van der Waals surface area contributed by atoms with Crippen molar-refractivity contribution >= 4 is 11.6 Å². The van der Waals surface area contributed by atoms with Crippen molar-refractivity contribution < 1.29 is 24.0 Å². The fourth-order valence-electron chi connectivity index (χ4n) is 0.342. The molecule has 0 aliphatic rings. The molecule has 0 unspecified atom stereocenters. The summed E-state index contributed by atoms with van der Waals surface area (Å²) in [6.45, 7) is 0. The molecular formula is C5H4ClIN-. The second-order valence-electron chi connectivity index (χ2n) is 1.15. The molecule has 1 nitrogen and oxygen atoms in total. The van der Waals surface area contributed by atoms with Crippen molar-refractivity contribution in [2.75, 3.05) is 0 Å². The van der Waals surface area contributed by atoms with E-state index in [1.807, 2.05) is 12.1 Å². The summed E-state index contributed by atoms with van der Waals surface area (Å²) in [6.07, 6.45) is 1.66. The van der Waals surface area contributed by atoms with Gasteiger partial charge in [0.2, 0.25) is 0 Å². The first-order valence-corrected chi connectivity index (χ1v) is 2.34. The Bertz CT molecular complexity index is 142. The van der Waals surface area contributed by atoms with Gasteiger partial charge in [-0.1, -0.05) is 17.7 Å². The molecule has 8 heavy (non-hydrogen) atoms. The van der Waals surface area contributed by atoms with Crippen LogP contribution < -0.4 is 24.0 Å². The molecule has 0 bridgehead atoms. The predicted molar refractivity (Wildman–Crippen MR) is 29.2 cm³/mol. The number of pyridine rings is 1.